The first-order chi connectivity index (χ1) is 8.22. The molecule has 0 aromatic heterocycles. The van der Waals surface area contributed by atoms with Gasteiger partial charge in [-0.15, -0.1) is 0 Å². The molecule has 0 amide bonds. The van der Waals surface area contributed by atoms with E-state index < -0.39 is 4.92 Å². The van der Waals surface area contributed by atoms with Crippen LogP contribution in [0.25, 0.3) is 11.1 Å². The summed E-state index contributed by atoms with van der Waals surface area (Å²) < 4.78 is 0. The van der Waals surface area contributed by atoms with Crippen molar-refractivity contribution < 1.29 is 9.72 Å². The summed E-state index contributed by atoms with van der Waals surface area (Å²) in [5.41, 5.74) is 1.89. The van der Waals surface area contributed by atoms with Gasteiger partial charge in [0.15, 0.2) is 0 Å². The van der Waals surface area contributed by atoms with Crippen molar-refractivity contribution in [2.45, 2.75) is 0 Å². The van der Waals surface area contributed by atoms with Gasteiger partial charge >= 0.3 is 0 Å². The summed E-state index contributed by atoms with van der Waals surface area (Å²) in [7, 11) is 0. The van der Waals surface area contributed by atoms with Crippen molar-refractivity contribution in [2.75, 3.05) is 0 Å². The number of rotatable bonds is 3. The third kappa shape index (κ3) is 2.20. The van der Waals surface area contributed by atoms with Gasteiger partial charge in [-0.1, -0.05) is 36.4 Å². The molecule has 2 aromatic rings. The van der Waals surface area contributed by atoms with Gasteiger partial charge in [-0.25, -0.2) is 0 Å². The van der Waals surface area contributed by atoms with Crippen LogP contribution in [0.2, 0.25) is 0 Å². The molecule has 0 fully saturated rings. The molecule has 0 radical (unpaired) electrons. The molecule has 4 heteroatoms. The molecule has 0 saturated heterocycles. The van der Waals surface area contributed by atoms with Crippen LogP contribution in [-0.2, 0) is 0 Å². The van der Waals surface area contributed by atoms with E-state index in [0.29, 0.717) is 11.1 Å². The minimum atomic E-state index is -0.414. The van der Waals surface area contributed by atoms with Crippen molar-refractivity contribution in [3.05, 3.63) is 64.2 Å². The van der Waals surface area contributed by atoms with Gasteiger partial charge in [0.2, 0.25) is 0 Å². The second-order valence-corrected chi connectivity index (χ2v) is 3.51. The largest absolute Gasteiger partial charge is 0.298 e. The Morgan fingerprint density at radius 1 is 1.00 bits per heavy atom. The number of hydrogen-bond acceptors (Lipinski definition) is 3. The number of carbonyl (C=O) groups is 1. The Kier molecular flexibility index (Phi) is 2.96. The van der Waals surface area contributed by atoms with Crippen molar-refractivity contribution >= 4 is 12.0 Å². The quantitative estimate of drug-likeness (QED) is 0.460. The van der Waals surface area contributed by atoms with Gasteiger partial charge in [-0.3, -0.25) is 14.9 Å². The van der Waals surface area contributed by atoms with Crippen LogP contribution in [0.3, 0.4) is 0 Å². The predicted octanol–water partition coefficient (Wildman–Crippen LogP) is 3.07. The summed E-state index contributed by atoms with van der Waals surface area (Å²) in [5, 5.41) is 10.9. The second kappa shape index (κ2) is 4.57. The molecule has 0 unspecified atom stereocenters. The summed E-state index contributed by atoms with van der Waals surface area (Å²) in [4.78, 5) is 21.0. The van der Waals surface area contributed by atoms with E-state index >= 15 is 0 Å². The van der Waals surface area contributed by atoms with E-state index in [-0.39, 0.29) is 5.69 Å². The third-order valence-electron chi connectivity index (χ3n) is 2.46. The molecule has 2 rings (SSSR count). The van der Waals surface area contributed by atoms with Crippen LogP contribution in [0.1, 0.15) is 10.4 Å². The molecule has 0 atom stereocenters. The monoisotopic (exact) mass is 227 g/mol. The highest BCUT2D eigenvalue weighted by Crippen LogP contribution is 2.29. The Bertz CT molecular complexity index is 561. The van der Waals surface area contributed by atoms with E-state index in [1.807, 2.05) is 0 Å². The fraction of sp³-hybridized carbons (Fsp3) is 0. The van der Waals surface area contributed by atoms with Crippen LogP contribution in [0, 0.1) is 10.1 Å². The lowest BCUT2D eigenvalue weighted by Gasteiger charge is -2.02. The molecule has 0 aliphatic heterocycles. The molecule has 0 aliphatic carbocycles. The summed E-state index contributed by atoms with van der Waals surface area (Å²) in [6.07, 6.45) is 0.739. The van der Waals surface area contributed by atoms with Crippen LogP contribution in [0.4, 0.5) is 5.69 Å². The minimum absolute atomic E-state index is 0.0614. The SMILES string of the molecule is O=Cc1ccc(-c2ccccc2[N+](=O)[O-])cc1. The molecule has 0 bridgehead atoms. The second-order valence-electron chi connectivity index (χ2n) is 3.51. The zero-order valence-electron chi connectivity index (χ0n) is 8.87. The number of aldehydes is 1. The molecule has 0 saturated carbocycles. The molecule has 2 aromatic carbocycles. The first kappa shape index (κ1) is 11.0. The Morgan fingerprint density at radius 3 is 2.24 bits per heavy atom. The first-order valence-electron chi connectivity index (χ1n) is 5.01. The highest BCUT2D eigenvalue weighted by Gasteiger charge is 2.13. The number of nitro groups is 1. The molecular weight excluding hydrogens is 218 g/mol. The summed E-state index contributed by atoms with van der Waals surface area (Å²) in [6.45, 7) is 0. The van der Waals surface area contributed by atoms with Crippen molar-refractivity contribution in [2.24, 2.45) is 0 Å². The molecule has 0 N–H and O–H groups in total. The van der Waals surface area contributed by atoms with Crippen molar-refractivity contribution in [1.82, 2.24) is 0 Å². The zero-order valence-corrected chi connectivity index (χ0v) is 8.87. The number of carbonyl (C=O) groups excluding carboxylic acids is 1. The number of benzene rings is 2. The van der Waals surface area contributed by atoms with Gasteiger partial charge in [0, 0.05) is 11.6 Å². The highest BCUT2D eigenvalue weighted by molar-refractivity contribution is 5.79. The number of hydrogen-bond donors (Lipinski definition) is 0. The minimum Gasteiger partial charge on any atom is -0.298 e. The van der Waals surface area contributed by atoms with Gasteiger partial charge in [0.1, 0.15) is 6.29 Å². The molecule has 4 nitrogen and oxygen atoms in total. The number of nitro benzene ring substituents is 1. The smallest absolute Gasteiger partial charge is 0.277 e. The van der Waals surface area contributed by atoms with Gasteiger partial charge in [0.05, 0.1) is 10.5 Å². The Labute approximate surface area is 97.7 Å². The lowest BCUT2D eigenvalue weighted by atomic mass is 10.0. The maximum Gasteiger partial charge on any atom is 0.277 e. The highest BCUT2D eigenvalue weighted by atomic mass is 16.6. The van der Waals surface area contributed by atoms with E-state index in [0.717, 1.165) is 11.8 Å². The van der Waals surface area contributed by atoms with Crippen molar-refractivity contribution in [3.63, 3.8) is 0 Å². The van der Waals surface area contributed by atoms with Gasteiger partial charge in [-0.05, 0) is 11.6 Å². The molecule has 0 aliphatic rings. The topological polar surface area (TPSA) is 60.2 Å². The summed E-state index contributed by atoms with van der Waals surface area (Å²) in [5.74, 6) is 0. The maximum absolute atomic E-state index is 10.9. The normalized spacial score (nSPS) is 9.88. The van der Waals surface area contributed by atoms with E-state index in [9.17, 15) is 14.9 Å². The van der Waals surface area contributed by atoms with Crippen molar-refractivity contribution in [1.29, 1.82) is 0 Å². The zero-order chi connectivity index (χ0) is 12.3. The standard InChI is InChI=1S/C13H9NO3/c15-9-10-5-7-11(8-6-10)12-3-1-2-4-13(12)14(16)17/h1-9H. The van der Waals surface area contributed by atoms with Gasteiger partial charge in [-0.2, -0.15) is 0 Å². The van der Waals surface area contributed by atoms with Gasteiger partial charge < -0.3 is 0 Å². The molecule has 0 heterocycles. The number of para-hydroxylation sites is 1. The molecule has 17 heavy (non-hydrogen) atoms. The Morgan fingerprint density at radius 2 is 1.65 bits per heavy atom. The fourth-order valence-corrected chi connectivity index (χ4v) is 1.62. The first-order valence-corrected chi connectivity index (χ1v) is 5.01. The Balaban J connectivity index is 2.52. The summed E-state index contributed by atoms with van der Waals surface area (Å²) >= 11 is 0. The van der Waals surface area contributed by atoms with E-state index in [2.05, 4.69) is 0 Å². The maximum atomic E-state index is 10.9. The lowest BCUT2D eigenvalue weighted by Crippen LogP contribution is -1.91. The van der Waals surface area contributed by atoms with E-state index in [1.54, 1.807) is 42.5 Å². The lowest BCUT2D eigenvalue weighted by molar-refractivity contribution is -0.384. The average Bonchev–Trinajstić information content (AvgIpc) is 2.39. The van der Waals surface area contributed by atoms with E-state index in [4.69, 9.17) is 0 Å². The van der Waals surface area contributed by atoms with E-state index in [1.165, 1.54) is 6.07 Å². The fourth-order valence-electron chi connectivity index (χ4n) is 1.62. The molecular formula is C13H9NO3. The Hall–Kier alpha value is -2.49. The molecule has 84 valence electrons. The van der Waals surface area contributed by atoms with Crippen LogP contribution in [-0.4, -0.2) is 11.2 Å². The van der Waals surface area contributed by atoms with Crippen LogP contribution >= 0.6 is 0 Å². The van der Waals surface area contributed by atoms with Crippen LogP contribution < -0.4 is 0 Å². The van der Waals surface area contributed by atoms with Gasteiger partial charge in [0.25, 0.3) is 5.69 Å². The summed E-state index contributed by atoms with van der Waals surface area (Å²) in [6, 6.07) is 13.2. The average molecular weight is 227 g/mol. The number of nitrogens with zero attached hydrogens (tertiary/aromatic N) is 1. The van der Waals surface area contributed by atoms with Crippen molar-refractivity contribution in [3.8, 4) is 11.1 Å². The van der Waals surface area contributed by atoms with Crippen LogP contribution in [0.15, 0.2) is 48.5 Å². The van der Waals surface area contributed by atoms with Crippen LogP contribution in [0.5, 0.6) is 0 Å². The third-order valence-corrected chi connectivity index (χ3v) is 2.46. The molecule has 0 spiro atoms. The predicted molar refractivity (Wildman–Crippen MR) is 63.9 cm³/mol.